The molecule has 0 spiro atoms. The Hall–Kier alpha value is -1.57. The molecule has 1 heterocycles. The predicted octanol–water partition coefficient (Wildman–Crippen LogP) is 2.12. The third-order valence-electron chi connectivity index (χ3n) is 2.87. The summed E-state index contributed by atoms with van der Waals surface area (Å²) in [6.45, 7) is 1.36. The SMILES string of the molecule is OCCC#Cc1ccc(F)cc1OC1CCOCC1. The Balaban J connectivity index is 2.12. The van der Waals surface area contributed by atoms with Crippen LogP contribution >= 0.6 is 0 Å². The Bertz CT molecular complexity index is 470. The second kappa shape index (κ2) is 7.13. The smallest absolute Gasteiger partial charge is 0.138 e. The van der Waals surface area contributed by atoms with Gasteiger partial charge in [0, 0.05) is 25.3 Å². The van der Waals surface area contributed by atoms with Crippen molar-refractivity contribution in [1.82, 2.24) is 0 Å². The fourth-order valence-corrected chi connectivity index (χ4v) is 1.88. The zero-order valence-electron chi connectivity index (χ0n) is 10.7. The Morgan fingerprint density at radius 2 is 2.16 bits per heavy atom. The molecule has 0 radical (unpaired) electrons. The lowest BCUT2D eigenvalue weighted by atomic mass is 10.1. The van der Waals surface area contributed by atoms with Crippen molar-refractivity contribution >= 4 is 0 Å². The number of rotatable bonds is 3. The Morgan fingerprint density at radius 3 is 2.89 bits per heavy atom. The minimum atomic E-state index is -0.338. The minimum absolute atomic E-state index is 0.0182. The minimum Gasteiger partial charge on any atom is -0.489 e. The van der Waals surface area contributed by atoms with Gasteiger partial charge in [0.05, 0.1) is 25.4 Å². The highest BCUT2D eigenvalue weighted by Crippen LogP contribution is 2.23. The average molecular weight is 264 g/mol. The molecule has 3 nitrogen and oxygen atoms in total. The van der Waals surface area contributed by atoms with E-state index in [0.29, 0.717) is 30.9 Å². The van der Waals surface area contributed by atoms with Crippen LogP contribution < -0.4 is 4.74 Å². The quantitative estimate of drug-likeness (QED) is 0.850. The van der Waals surface area contributed by atoms with Crippen LogP contribution in [0.1, 0.15) is 24.8 Å². The largest absolute Gasteiger partial charge is 0.489 e. The maximum absolute atomic E-state index is 13.3. The molecule has 4 heteroatoms. The Labute approximate surface area is 112 Å². The lowest BCUT2D eigenvalue weighted by Gasteiger charge is -2.23. The van der Waals surface area contributed by atoms with Crippen molar-refractivity contribution in [3.8, 4) is 17.6 Å². The van der Waals surface area contributed by atoms with Crippen molar-refractivity contribution < 1.29 is 19.0 Å². The number of benzene rings is 1. The van der Waals surface area contributed by atoms with Crippen molar-refractivity contribution in [2.24, 2.45) is 0 Å². The van der Waals surface area contributed by atoms with E-state index in [1.54, 1.807) is 6.07 Å². The summed E-state index contributed by atoms with van der Waals surface area (Å²) >= 11 is 0. The Morgan fingerprint density at radius 1 is 1.37 bits per heavy atom. The zero-order chi connectivity index (χ0) is 13.5. The lowest BCUT2D eigenvalue weighted by Crippen LogP contribution is -2.26. The summed E-state index contributed by atoms with van der Waals surface area (Å²) in [6.07, 6.45) is 2.06. The first-order valence-corrected chi connectivity index (χ1v) is 6.43. The van der Waals surface area contributed by atoms with Gasteiger partial charge >= 0.3 is 0 Å². The summed E-state index contributed by atoms with van der Waals surface area (Å²) in [5.74, 6) is 5.85. The standard InChI is InChI=1S/C15H17FO3/c16-13-5-4-12(3-1-2-8-17)15(11-13)19-14-6-9-18-10-7-14/h4-5,11,14,17H,2,6-10H2. The third-order valence-corrected chi connectivity index (χ3v) is 2.87. The number of aliphatic hydroxyl groups is 1. The molecule has 0 aromatic heterocycles. The van der Waals surface area contributed by atoms with Crippen molar-refractivity contribution in [3.63, 3.8) is 0 Å². The van der Waals surface area contributed by atoms with Gasteiger partial charge in [-0.25, -0.2) is 4.39 Å². The first-order chi connectivity index (χ1) is 9.29. The number of ether oxygens (including phenoxy) is 2. The highest BCUT2D eigenvalue weighted by molar-refractivity contribution is 5.46. The van der Waals surface area contributed by atoms with Crippen LogP contribution in [0.2, 0.25) is 0 Å². The van der Waals surface area contributed by atoms with Gasteiger partial charge in [-0.05, 0) is 12.1 Å². The fourth-order valence-electron chi connectivity index (χ4n) is 1.88. The predicted molar refractivity (Wildman–Crippen MR) is 69.4 cm³/mol. The molecule has 0 unspecified atom stereocenters. The molecule has 0 saturated carbocycles. The van der Waals surface area contributed by atoms with Crippen molar-refractivity contribution in [3.05, 3.63) is 29.6 Å². The van der Waals surface area contributed by atoms with E-state index in [1.807, 2.05) is 0 Å². The van der Waals surface area contributed by atoms with Gasteiger partial charge in [0.1, 0.15) is 17.7 Å². The molecule has 0 amide bonds. The van der Waals surface area contributed by atoms with Gasteiger partial charge in [-0.3, -0.25) is 0 Å². The molecule has 0 atom stereocenters. The van der Waals surface area contributed by atoms with Gasteiger partial charge < -0.3 is 14.6 Å². The van der Waals surface area contributed by atoms with E-state index in [9.17, 15) is 4.39 Å². The van der Waals surface area contributed by atoms with Crippen LogP contribution in [0.15, 0.2) is 18.2 Å². The first-order valence-electron chi connectivity index (χ1n) is 6.43. The number of hydrogen-bond donors (Lipinski definition) is 1. The molecule has 1 saturated heterocycles. The summed E-state index contributed by atoms with van der Waals surface area (Å²) in [4.78, 5) is 0. The number of halogens is 1. The molecule has 102 valence electrons. The molecular weight excluding hydrogens is 247 g/mol. The van der Waals surface area contributed by atoms with Gasteiger partial charge in [0.25, 0.3) is 0 Å². The van der Waals surface area contributed by atoms with Crippen molar-refractivity contribution in [1.29, 1.82) is 0 Å². The molecule has 1 aliphatic heterocycles. The van der Waals surface area contributed by atoms with Crippen LogP contribution in [0, 0.1) is 17.7 Å². The van der Waals surface area contributed by atoms with E-state index in [4.69, 9.17) is 14.6 Å². The third kappa shape index (κ3) is 4.23. The molecule has 1 aliphatic rings. The fraction of sp³-hybridized carbons (Fsp3) is 0.467. The van der Waals surface area contributed by atoms with Crippen LogP contribution in [0.3, 0.4) is 0 Å². The van der Waals surface area contributed by atoms with Gasteiger partial charge in [0.15, 0.2) is 0 Å². The van der Waals surface area contributed by atoms with Crippen LogP contribution in [-0.2, 0) is 4.74 Å². The normalized spacial score (nSPS) is 15.7. The zero-order valence-corrected chi connectivity index (χ0v) is 10.7. The second-order valence-corrected chi connectivity index (χ2v) is 4.35. The molecule has 1 N–H and O–H groups in total. The van der Waals surface area contributed by atoms with Crippen LogP contribution in [-0.4, -0.2) is 31.0 Å². The molecule has 19 heavy (non-hydrogen) atoms. The highest BCUT2D eigenvalue weighted by atomic mass is 19.1. The van der Waals surface area contributed by atoms with E-state index in [2.05, 4.69) is 11.8 Å². The molecule has 0 bridgehead atoms. The topological polar surface area (TPSA) is 38.7 Å². The van der Waals surface area contributed by atoms with E-state index in [1.165, 1.54) is 12.1 Å². The molecule has 0 aliphatic carbocycles. The first kappa shape index (κ1) is 13.9. The van der Waals surface area contributed by atoms with Crippen molar-refractivity contribution in [2.75, 3.05) is 19.8 Å². The summed E-state index contributed by atoms with van der Waals surface area (Å²) in [7, 11) is 0. The number of aliphatic hydroxyl groups excluding tert-OH is 1. The monoisotopic (exact) mass is 264 g/mol. The van der Waals surface area contributed by atoms with E-state index in [0.717, 1.165) is 12.8 Å². The van der Waals surface area contributed by atoms with Gasteiger partial charge in [-0.15, -0.1) is 0 Å². The van der Waals surface area contributed by atoms with E-state index in [-0.39, 0.29) is 18.5 Å². The summed E-state index contributed by atoms with van der Waals surface area (Å²) in [5, 5.41) is 8.71. The summed E-state index contributed by atoms with van der Waals surface area (Å²) in [5.41, 5.74) is 0.654. The molecule has 1 aromatic rings. The van der Waals surface area contributed by atoms with Crippen molar-refractivity contribution in [2.45, 2.75) is 25.4 Å². The average Bonchev–Trinajstić information content (AvgIpc) is 2.43. The van der Waals surface area contributed by atoms with Gasteiger partial charge in [0.2, 0.25) is 0 Å². The molecule has 1 fully saturated rings. The summed E-state index contributed by atoms with van der Waals surface area (Å²) < 4.78 is 24.4. The Kier molecular flexibility index (Phi) is 5.20. The molecular formula is C15H17FO3. The van der Waals surface area contributed by atoms with Crippen LogP contribution in [0.5, 0.6) is 5.75 Å². The number of hydrogen-bond acceptors (Lipinski definition) is 3. The van der Waals surface area contributed by atoms with Gasteiger partial charge in [-0.1, -0.05) is 11.8 Å². The maximum atomic E-state index is 13.3. The summed E-state index contributed by atoms with van der Waals surface area (Å²) in [6, 6.07) is 4.33. The van der Waals surface area contributed by atoms with Crippen LogP contribution in [0.25, 0.3) is 0 Å². The second-order valence-electron chi connectivity index (χ2n) is 4.35. The van der Waals surface area contributed by atoms with E-state index < -0.39 is 0 Å². The maximum Gasteiger partial charge on any atom is 0.138 e. The van der Waals surface area contributed by atoms with Gasteiger partial charge in [-0.2, -0.15) is 0 Å². The molecule has 1 aromatic carbocycles. The lowest BCUT2D eigenvalue weighted by molar-refractivity contribution is 0.0253. The highest BCUT2D eigenvalue weighted by Gasteiger charge is 2.16. The van der Waals surface area contributed by atoms with Crippen LogP contribution in [0.4, 0.5) is 4.39 Å². The molecule has 2 rings (SSSR count). The van der Waals surface area contributed by atoms with E-state index >= 15 is 0 Å².